The molecule has 0 atom stereocenters. The monoisotopic (exact) mass is 207 g/mol. The minimum atomic E-state index is -0.153. The maximum absolute atomic E-state index is 11.2. The molecule has 0 aliphatic rings. The molecule has 2 aromatic heterocycles. The van der Waals surface area contributed by atoms with E-state index in [1.807, 2.05) is 29.1 Å². The smallest absolute Gasteiger partial charge is 0.270 e. The van der Waals surface area contributed by atoms with Gasteiger partial charge in [0.15, 0.2) is 5.13 Å². The summed E-state index contributed by atoms with van der Waals surface area (Å²) in [6.07, 6.45) is 3.79. The van der Waals surface area contributed by atoms with E-state index < -0.39 is 0 Å². The standard InChI is InChI=1S/C9H9N3OS/c1-10-8(13)7-6-14-9(11-7)12-4-2-3-5-12/h2-6H,1H3,(H,10,13). The van der Waals surface area contributed by atoms with E-state index in [0.29, 0.717) is 5.69 Å². The molecule has 0 aromatic carbocycles. The molecule has 0 saturated carbocycles. The summed E-state index contributed by atoms with van der Waals surface area (Å²) in [6.45, 7) is 0. The third-order valence-electron chi connectivity index (χ3n) is 1.78. The molecule has 2 aromatic rings. The van der Waals surface area contributed by atoms with Crippen LogP contribution >= 0.6 is 11.3 Å². The van der Waals surface area contributed by atoms with E-state index in [4.69, 9.17) is 0 Å². The van der Waals surface area contributed by atoms with Gasteiger partial charge in [0.25, 0.3) is 5.91 Å². The molecule has 0 saturated heterocycles. The second-order valence-corrected chi connectivity index (χ2v) is 3.52. The lowest BCUT2D eigenvalue weighted by Gasteiger charge is -1.94. The van der Waals surface area contributed by atoms with Crippen molar-refractivity contribution in [3.05, 3.63) is 35.6 Å². The first-order chi connectivity index (χ1) is 6.81. The maximum Gasteiger partial charge on any atom is 0.270 e. The van der Waals surface area contributed by atoms with Crippen LogP contribution in [0.2, 0.25) is 0 Å². The highest BCUT2D eigenvalue weighted by atomic mass is 32.1. The third kappa shape index (κ3) is 1.54. The number of carbonyl (C=O) groups excluding carboxylic acids is 1. The third-order valence-corrected chi connectivity index (χ3v) is 2.63. The van der Waals surface area contributed by atoms with Crippen molar-refractivity contribution in [1.29, 1.82) is 0 Å². The number of amides is 1. The Morgan fingerprint density at radius 3 is 2.86 bits per heavy atom. The fourth-order valence-corrected chi connectivity index (χ4v) is 1.85. The van der Waals surface area contributed by atoms with Crippen LogP contribution in [0.3, 0.4) is 0 Å². The second-order valence-electron chi connectivity index (χ2n) is 2.68. The molecule has 14 heavy (non-hydrogen) atoms. The molecule has 2 rings (SSSR count). The van der Waals surface area contributed by atoms with Gasteiger partial charge in [-0.3, -0.25) is 4.79 Å². The Labute approximate surface area is 85.2 Å². The lowest BCUT2D eigenvalue weighted by Crippen LogP contribution is -2.18. The van der Waals surface area contributed by atoms with Gasteiger partial charge in [-0.05, 0) is 12.1 Å². The van der Waals surface area contributed by atoms with Crippen LogP contribution in [-0.4, -0.2) is 22.5 Å². The van der Waals surface area contributed by atoms with Crippen molar-refractivity contribution in [3.8, 4) is 5.13 Å². The summed E-state index contributed by atoms with van der Waals surface area (Å²) in [5, 5.41) is 5.08. The summed E-state index contributed by atoms with van der Waals surface area (Å²) in [5.74, 6) is -0.153. The number of nitrogens with one attached hydrogen (secondary N) is 1. The average Bonchev–Trinajstić information content (AvgIpc) is 2.86. The Kier molecular flexibility index (Phi) is 2.32. The van der Waals surface area contributed by atoms with Crippen molar-refractivity contribution in [3.63, 3.8) is 0 Å². The van der Waals surface area contributed by atoms with Crippen molar-refractivity contribution in [2.75, 3.05) is 7.05 Å². The number of carbonyl (C=O) groups is 1. The van der Waals surface area contributed by atoms with E-state index in [9.17, 15) is 4.79 Å². The van der Waals surface area contributed by atoms with Crippen molar-refractivity contribution >= 4 is 17.2 Å². The molecule has 4 nitrogen and oxygen atoms in total. The van der Waals surface area contributed by atoms with Gasteiger partial charge in [0.1, 0.15) is 5.69 Å². The fraction of sp³-hybridized carbons (Fsp3) is 0.111. The van der Waals surface area contributed by atoms with Gasteiger partial charge in [0.05, 0.1) is 0 Å². The molecule has 72 valence electrons. The molecule has 0 bridgehead atoms. The average molecular weight is 207 g/mol. The number of aromatic nitrogens is 2. The van der Waals surface area contributed by atoms with E-state index in [0.717, 1.165) is 5.13 Å². The lowest BCUT2D eigenvalue weighted by molar-refractivity contribution is 0.0959. The number of hydrogen-bond acceptors (Lipinski definition) is 3. The van der Waals surface area contributed by atoms with Crippen LogP contribution in [0.25, 0.3) is 5.13 Å². The van der Waals surface area contributed by atoms with Crippen LogP contribution in [0.1, 0.15) is 10.5 Å². The zero-order chi connectivity index (χ0) is 9.97. The summed E-state index contributed by atoms with van der Waals surface area (Å²) >= 11 is 1.44. The Bertz CT molecular complexity index is 433. The number of nitrogens with zero attached hydrogens (tertiary/aromatic N) is 2. The van der Waals surface area contributed by atoms with Gasteiger partial charge in [0.2, 0.25) is 0 Å². The molecular weight excluding hydrogens is 198 g/mol. The highest BCUT2D eigenvalue weighted by molar-refractivity contribution is 7.12. The second kappa shape index (κ2) is 3.63. The number of rotatable bonds is 2. The summed E-state index contributed by atoms with van der Waals surface area (Å²) in [4.78, 5) is 15.4. The molecule has 0 aliphatic carbocycles. The minimum Gasteiger partial charge on any atom is -0.354 e. The van der Waals surface area contributed by atoms with E-state index >= 15 is 0 Å². The molecule has 0 spiro atoms. The number of thiazole rings is 1. The van der Waals surface area contributed by atoms with E-state index in [-0.39, 0.29) is 5.91 Å². The largest absolute Gasteiger partial charge is 0.354 e. The maximum atomic E-state index is 11.2. The molecule has 0 aliphatic heterocycles. The van der Waals surface area contributed by atoms with Gasteiger partial charge in [-0.2, -0.15) is 0 Å². The van der Waals surface area contributed by atoms with Crippen molar-refractivity contribution in [2.45, 2.75) is 0 Å². The van der Waals surface area contributed by atoms with Crippen molar-refractivity contribution < 1.29 is 4.79 Å². The van der Waals surface area contributed by atoms with Gasteiger partial charge >= 0.3 is 0 Å². The van der Waals surface area contributed by atoms with E-state index in [1.165, 1.54) is 11.3 Å². The van der Waals surface area contributed by atoms with Gasteiger partial charge in [-0.25, -0.2) is 4.98 Å². The van der Waals surface area contributed by atoms with Crippen molar-refractivity contribution in [1.82, 2.24) is 14.9 Å². The molecule has 2 heterocycles. The Balaban J connectivity index is 2.31. The molecule has 0 radical (unpaired) electrons. The molecule has 0 fully saturated rings. The first kappa shape index (κ1) is 8.96. The minimum absolute atomic E-state index is 0.153. The topological polar surface area (TPSA) is 46.9 Å². The molecule has 1 amide bonds. The fourth-order valence-electron chi connectivity index (χ4n) is 1.08. The molecular formula is C9H9N3OS. The Morgan fingerprint density at radius 1 is 1.50 bits per heavy atom. The van der Waals surface area contributed by atoms with E-state index in [2.05, 4.69) is 10.3 Å². The molecule has 0 unspecified atom stereocenters. The van der Waals surface area contributed by atoms with Gasteiger partial charge in [-0.1, -0.05) is 0 Å². The van der Waals surface area contributed by atoms with Gasteiger partial charge in [0, 0.05) is 24.8 Å². The van der Waals surface area contributed by atoms with Crippen LogP contribution in [0.15, 0.2) is 29.9 Å². The quantitative estimate of drug-likeness (QED) is 0.806. The summed E-state index contributed by atoms with van der Waals surface area (Å²) < 4.78 is 1.87. The van der Waals surface area contributed by atoms with Crippen LogP contribution in [0.4, 0.5) is 0 Å². The zero-order valence-electron chi connectivity index (χ0n) is 7.60. The van der Waals surface area contributed by atoms with Crippen molar-refractivity contribution in [2.24, 2.45) is 0 Å². The predicted octanol–water partition coefficient (Wildman–Crippen LogP) is 1.29. The summed E-state index contributed by atoms with van der Waals surface area (Å²) in [6, 6.07) is 3.84. The van der Waals surface area contributed by atoms with Crippen LogP contribution in [0, 0.1) is 0 Å². The summed E-state index contributed by atoms with van der Waals surface area (Å²) in [7, 11) is 1.59. The summed E-state index contributed by atoms with van der Waals surface area (Å²) in [5.41, 5.74) is 0.459. The highest BCUT2D eigenvalue weighted by Crippen LogP contribution is 2.14. The predicted molar refractivity (Wildman–Crippen MR) is 54.8 cm³/mol. The van der Waals surface area contributed by atoms with Crippen LogP contribution in [0.5, 0.6) is 0 Å². The first-order valence-electron chi connectivity index (χ1n) is 4.12. The van der Waals surface area contributed by atoms with Gasteiger partial charge < -0.3 is 9.88 Å². The lowest BCUT2D eigenvalue weighted by atomic mass is 10.5. The molecule has 5 heteroatoms. The normalized spacial score (nSPS) is 10.1. The zero-order valence-corrected chi connectivity index (χ0v) is 8.41. The highest BCUT2D eigenvalue weighted by Gasteiger charge is 2.08. The van der Waals surface area contributed by atoms with E-state index in [1.54, 1.807) is 12.4 Å². The molecule has 1 N–H and O–H groups in total. The first-order valence-corrected chi connectivity index (χ1v) is 5.00. The Hall–Kier alpha value is -1.62. The van der Waals surface area contributed by atoms with Gasteiger partial charge in [-0.15, -0.1) is 11.3 Å². The number of hydrogen-bond donors (Lipinski definition) is 1. The SMILES string of the molecule is CNC(=O)c1csc(-n2cccc2)n1. The van der Waals surface area contributed by atoms with Crippen LogP contribution in [-0.2, 0) is 0 Å². The Morgan fingerprint density at radius 2 is 2.21 bits per heavy atom. The van der Waals surface area contributed by atoms with Crippen LogP contribution < -0.4 is 5.32 Å².